The summed E-state index contributed by atoms with van der Waals surface area (Å²) in [6, 6.07) is 22.7. The van der Waals surface area contributed by atoms with E-state index in [4.69, 9.17) is 0 Å². The summed E-state index contributed by atoms with van der Waals surface area (Å²) in [6.07, 6.45) is 3.97. The number of imidazole rings is 1. The van der Waals surface area contributed by atoms with Crippen molar-refractivity contribution in [1.82, 2.24) is 19.7 Å². The summed E-state index contributed by atoms with van der Waals surface area (Å²) >= 11 is 1.73. The van der Waals surface area contributed by atoms with Crippen molar-refractivity contribution < 1.29 is 0 Å². The number of nitrogens with zero attached hydrogens (tertiary/aromatic N) is 4. The Balaban J connectivity index is 1.55. The highest BCUT2D eigenvalue weighted by Gasteiger charge is 2.11. The van der Waals surface area contributed by atoms with Crippen LogP contribution in [0.5, 0.6) is 0 Å². The predicted molar refractivity (Wildman–Crippen MR) is 120 cm³/mol. The Hall–Kier alpha value is -3.38. The number of hydrogen-bond donors (Lipinski definition) is 1. The van der Waals surface area contributed by atoms with Gasteiger partial charge in [-0.05, 0) is 43.5 Å². The predicted octanol–water partition coefficient (Wildman–Crippen LogP) is 5.74. The lowest BCUT2D eigenvalue weighted by molar-refractivity contribution is 1.01. The number of benzene rings is 3. The van der Waals surface area contributed by atoms with Crippen LogP contribution >= 0.6 is 11.8 Å². The number of hydrogen-bond acceptors (Lipinski definition) is 5. The summed E-state index contributed by atoms with van der Waals surface area (Å²) in [5.41, 5.74) is 4.99. The molecule has 1 N–H and O–H groups in total. The highest BCUT2D eigenvalue weighted by atomic mass is 32.2. The first kappa shape index (κ1) is 17.7. The van der Waals surface area contributed by atoms with Gasteiger partial charge < -0.3 is 5.32 Å². The van der Waals surface area contributed by atoms with Crippen molar-refractivity contribution in [2.75, 3.05) is 11.6 Å². The summed E-state index contributed by atoms with van der Waals surface area (Å²) in [5, 5.41) is 14.2. The molecule has 0 radical (unpaired) electrons. The third kappa shape index (κ3) is 3.11. The first-order chi connectivity index (χ1) is 14.2. The molecule has 0 saturated carbocycles. The Labute approximate surface area is 172 Å². The molecule has 0 amide bonds. The number of anilines is 2. The van der Waals surface area contributed by atoms with E-state index in [0.717, 1.165) is 44.7 Å². The fourth-order valence-corrected chi connectivity index (χ4v) is 4.17. The van der Waals surface area contributed by atoms with Gasteiger partial charge in [0, 0.05) is 21.4 Å². The van der Waals surface area contributed by atoms with Crippen LogP contribution in [0.1, 0.15) is 5.69 Å². The molecule has 0 bridgehead atoms. The lowest BCUT2D eigenvalue weighted by Crippen LogP contribution is -1.99. The molecule has 2 aromatic heterocycles. The van der Waals surface area contributed by atoms with Crippen LogP contribution in [0.3, 0.4) is 0 Å². The average Bonchev–Trinajstić information content (AvgIpc) is 3.19. The van der Waals surface area contributed by atoms with Crippen LogP contribution in [0.25, 0.3) is 27.5 Å². The second-order valence-electron chi connectivity index (χ2n) is 6.79. The van der Waals surface area contributed by atoms with Crippen molar-refractivity contribution in [2.24, 2.45) is 0 Å². The van der Waals surface area contributed by atoms with Crippen molar-refractivity contribution in [1.29, 1.82) is 0 Å². The topological polar surface area (TPSA) is 55.6 Å². The van der Waals surface area contributed by atoms with E-state index in [0.29, 0.717) is 0 Å². The molecule has 0 fully saturated rings. The van der Waals surface area contributed by atoms with Crippen LogP contribution in [0.4, 0.5) is 11.5 Å². The number of aryl methyl sites for hydroxylation is 1. The molecule has 0 unspecified atom stereocenters. The van der Waals surface area contributed by atoms with Gasteiger partial charge in [0.15, 0.2) is 5.82 Å². The summed E-state index contributed by atoms with van der Waals surface area (Å²) in [6.45, 7) is 1.98. The second kappa shape index (κ2) is 7.22. The second-order valence-corrected chi connectivity index (χ2v) is 7.64. The van der Waals surface area contributed by atoms with Gasteiger partial charge in [0.05, 0.1) is 22.4 Å². The summed E-state index contributed by atoms with van der Waals surface area (Å²) in [7, 11) is 0. The Morgan fingerprint density at radius 3 is 2.55 bits per heavy atom. The molecular formula is C23H19N5S. The van der Waals surface area contributed by atoms with Gasteiger partial charge in [0.2, 0.25) is 0 Å². The lowest BCUT2D eigenvalue weighted by Gasteiger charge is -2.11. The highest BCUT2D eigenvalue weighted by molar-refractivity contribution is 7.98. The average molecular weight is 398 g/mol. The SMILES string of the molecule is CSc1ccccc1-n1cnc2cc(Nc3nnc(C)c4ccccc34)ccc21. The molecule has 3 aromatic carbocycles. The van der Waals surface area contributed by atoms with Crippen LogP contribution in [-0.2, 0) is 0 Å². The number of fused-ring (bicyclic) bond motifs is 2. The fourth-order valence-electron chi connectivity index (χ4n) is 3.58. The van der Waals surface area contributed by atoms with Gasteiger partial charge >= 0.3 is 0 Å². The van der Waals surface area contributed by atoms with E-state index >= 15 is 0 Å². The Morgan fingerprint density at radius 1 is 0.897 bits per heavy atom. The van der Waals surface area contributed by atoms with Gasteiger partial charge in [-0.25, -0.2) is 4.98 Å². The number of thioether (sulfide) groups is 1. The molecule has 2 heterocycles. The normalized spacial score (nSPS) is 11.2. The van der Waals surface area contributed by atoms with Crippen LogP contribution in [-0.4, -0.2) is 26.0 Å². The summed E-state index contributed by atoms with van der Waals surface area (Å²) in [4.78, 5) is 5.84. The Bertz CT molecular complexity index is 1340. The Morgan fingerprint density at radius 2 is 1.69 bits per heavy atom. The van der Waals surface area contributed by atoms with E-state index in [1.54, 1.807) is 11.8 Å². The first-order valence-electron chi connectivity index (χ1n) is 9.34. The van der Waals surface area contributed by atoms with Gasteiger partial charge in [-0.1, -0.05) is 36.4 Å². The van der Waals surface area contributed by atoms with Crippen molar-refractivity contribution in [3.63, 3.8) is 0 Å². The zero-order chi connectivity index (χ0) is 19.8. The van der Waals surface area contributed by atoms with Gasteiger partial charge in [0.25, 0.3) is 0 Å². The molecule has 0 saturated heterocycles. The molecule has 142 valence electrons. The molecular weight excluding hydrogens is 378 g/mol. The first-order valence-corrected chi connectivity index (χ1v) is 10.6. The maximum Gasteiger partial charge on any atom is 0.160 e. The van der Waals surface area contributed by atoms with E-state index in [1.807, 2.05) is 31.5 Å². The molecule has 0 spiro atoms. The fraction of sp³-hybridized carbons (Fsp3) is 0.0870. The standard InChI is InChI=1S/C23H19N5S/c1-15-17-7-3-4-8-18(17)23(27-26-15)25-16-11-12-20-19(13-16)24-14-28(20)21-9-5-6-10-22(21)29-2/h3-14H,1-2H3,(H,25,27). The summed E-state index contributed by atoms with van der Waals surface area (Å²) in [5.74, 6) is 0.748. The van der Waals surface area contributed by atoms with Crippen LogP contribution < -0.4 is 5.32 Å². The van der Waals surface area contributed by atoms with Crippen molar-refractivity contribution in [3.05, 3.63) is 78.8 Å². The quantitative estimate of drug-likeness (QED) is 0.392. The van der Waals surface area contributed by atoms with Crippen LogP contribution in [0.15, 0.2) is 78.0 Å². The molecule has 5 rings (SSSR count). The minimum atomic E-state index is 0.748. The van der Waals surface area contributed by atoms with Gasteiger partial charge in [-0.15, -0.1) is 16.9 Å². The molecule has 5 aromatic rings. The molecule has 0 aliphatic rings. The molecule has 6 heteroatoms. The molecule has 0 atom stereocenters. The van der Waals surface area contributed by atoms with Gasteiger partial charge in [-0.3, -0.25) is 4.57 Å². The number of nitrogens with one attached hydrogen (secondary N) is 1. The molecule has 0 aliphatic heterocycles. The van der Waals surface area contributed by atoms with Crippen molar-refractivity contribution in [3.8, 4) is 5.69 Å². The van der Waals surface area contributed by atoms with Crippen molar-refractivity contribution in [2.45, 2.75) is 11.8 Å². The van der Waals surface area contributed by atoms with Gasteiger partial charge in [0.1, 0.15) is 6.33 Å². The number of rotatable bonds is 4. The molecule has 29 heavy (non-hydrogen) atoms. The van der Waals surface area contributed by atoms with Crippen LogP contribution in [0, 0.1) is 6.92 Å². The van der Waals surface area contributed by atoms with E-state index in [-0.39, 0.29) is 0 Å². The zero-order valence-electron chi connectivity index (χ0n) is 16.1. The maximum absolute atomic E-state index is 4.63. The van der Waals surface area contributed by atoms with Gasteiger partial charge in [-0.2, -0.15) is 5.10 Å². The van der Waals surface area contributed by atoms with E-state index in [1.165, 1.54) is 4.90 Å². The minimum absolute atomic E-state index is 0.748. The van der Waals surface area contributed by atoms with Crippen molar-refractivity contribution >= 4 is 45.1 Å². The third-order valence-corrected chi connectivity index (χ3v) is 5.81. The zero-order valence-corrected chi connectivity index (χ0v) is 16.9. The lowest BCUT2D eigenvalue weighted by atomic mass is 10.1. The monoisotopic (exact) mass is 397 g/mol. The molecule has 5 nitrogen and oxygen atoms in total. The number of aromatic nitrogens is 4. The molecule has 0 aliphatic carbocycles. The maximum atomic E-state index is 4.63. The third-order valence-electron chi connectivity index (χ3n) is 5.03. The minimum Gasteiger partial charge on any atom is -0.338 e. The van der Waals surface area contributed by atoms with E-state index in [9.17, 15) is 0 Å². The van der Waals surface area contributed by atoms with E-state index < -0.39 is 0 Å². The van der Waals surface area contributed by atoms with Crippen LogP contribution in [0.2, 0.25) is 0 Å². The highest BCUT2D eigenvalue weighted by Crippen LogP contribution is 2.30. The largest absolute Gasteiger partial charge is 0.338 e. The number of para-hydroxylation sites is 1. The van der Waals surface area contributed by atoms with E-state index in [2.05, 4.69) is 79.9 Å². The Kier molecular flexibility index (Phi) is 4.41. The summed E-state index contributed by atoms with van der Waals surface area (Å²) < 4.78 is 2.13. The smallest absolute Gasteiger partial charge is 0.160 e.